The number of ether oxygens (including phenoxy) is 2. The van der Waals surface area contributed by atoms with Crippen LogP contribution in [0.25, 0.3) is 0 Å². The van der Waals surface area contributed by atoms with E-state index in [0.717, 1.165) is 31.2 Å². The first-order valence-electron chi connectivity index (χ1n) is 7.96. The van der Waals surface area contributed by atoms with Gasteiger partial charge in [-0.25, -0.2) is 0 Å². The summed E-state index contributed by atoms with van der Waals surface area (Å²) in [5.74, 6) is 0.682. The molecule has 0 unspecified atom stereocenters. The van der Waals surface area contributed by atoms with Gasteiger partial charge in [0.1, 0.15) is 0 Å². The van der Waals surface area contributed by atoms with Gasteiger partial charge in [-0.2, -0.15) is 0 Å². The zero-order chi connectivity index (χ0) is 16.7. The van der Waals surface area contributed by atoms with Crippen LogP contribution in [0, 0.1) is 5.92 Å². The molecule has 6 heteroatoms. The number of hydrogen-bond donors (Lipinski definition) is 2. The molecule has 0 aromatic heterocycles. The highest BCUT2D eigenvalue weighted by atomic mass is 16.5. The van der Waals surface area contributed by atoms with Gasteiger partial charge in [-0.15, -0.1) is 0 Å². The van der Waals surface area contributed by atoms with E-state index in [4.69, 9.17) is 15.2 Å². The Hall–Kier alpha value is -2.24. The van der Waals surface area contributed by atoms with Crippen molar-refractivity contribution in [2.24, 2.45) is 11.7 Å². The van der Waals surface area contributed by atoms with E-state index in [-0.39, 0.29) is 18.4 Å². The molecule has 0 bridgehead atoms. The van der Waals surface area contributed by atoms with Crippen LogP contribution in [-0.2, 0) is 16.1 Å². The lowest BCUT2D eigenvalue weighted by molar-refractivity contribution is -0.126. The lowest BCUT2D eigenvalue weighted by Gasteiger charge is -2.20. The molecule has 0 heterocycles. The highest BCUT2D eigenvalue weighted by molar-refractivity contribution is 5.78. The van der Waals surface area contributed by atoms with Crippen molar-refractivity contribution >= 4 is 11.8 Å². The van der Waals surface area contributed by atoms with Crippen molar-refractivity contribution in [3.63, 3.8) is 0 Å². The van der Waals surface area contributed by atoms with Crippen LogP contribution in [-0.4, -0.2) is 25.5 Å². The molecule has 1 aliphatic rings. The van der Waals surface area contributed by atoms with Crippen LogP contribution in [0.4, 0.5) is 0 Å². The first-order valence-corrected chi connectivity index (χ1v) is 7.96. The SMILES string of the molecule is COc1cc(CNC(=O)C2CCCCC2)ccc1OCC(N)=O. The third-order valence-corrected chi connectivity index (χ3v) is 4.04. The molecule has 2 rings (SSSR count). The average Bonchev–Trinajstić information content (AvgIpc) is 2.58. The van der Waals surface area contributed by atoms with Crippen LogP contribution in [0.3, 0.4) is 0 Å². The van der Waals surface area contributed by atoms with E-state index < -0.39 is 5.91 Å². The molecule has 1 aromatic carbocycles. The predicted octanol–water partition coefficient (Wildman–Crippen LogP) is 1.76. The molecule has 1 saturated carbocycles. The number of primary amides is 1. The maximum absolute atomic E-state index is 12.2. The maximum atomic E-state index is 12.2. The molecule has 0 aliphatic heterocycles. The highest BCUT2D eigenvalue weighted by Gasteiger charge is 2.20. The van der Waals surface area contributed by atoms with Crippen LogP contribution in [0.5, 0.6) is 11.5 Å². The van der Waals surface area contributed by atoms with Crippen LogP contribution in [0.2, 0.25) is 0 Å². The smallest absolute Gasteiger partial charge is 0.255 e. The number of methoxy groups -OCH3 is 1. The highest BCUT2D eigenvalue weighted by Crippen LogP contribution is 2.28. The largest absolute Gasteiger partial charge is 0.493 e. The molecule has 0 spiro atoms. The Kier molecular flexibility index (Phi) is 6.26. The fourth-order valence-corrected chi connectivity index (χ4v) is 2.79. The van der Waals surface area contributed by atoms with Crippen molar-refractivity contribution in [3.05, 3.63) is 23.8 Å². The van der Waals surface area contributed by atoms with E-state index in [1.54, 1.807) is 12.1 Å². The summed E-state index contributed by atoms with van der Waals surface area (Å²) in [6.45, 7) is 0.246. The van der Waals surface area contributed by atoms with Gasteiger partial charge in [-0.3, -0.25) is 9.59 Å². The lowest BCUT2D eigenvalue weighted by atomic mass is 9.88. The van der Waals surface area contributed by atoms with Crippen LogP contribution >= 0.6 is 0 Å². The Labute approximate surface area is 136 Å². The molecule has 0 radical (unpaired) electrons. The molecule has 3 N–H and O–H groups in total. The number of benzene rings is 1. The molecule has 6 nitrogen and oxygen atoms in total. The molecule has 126 valence electrons. The molecule has 1 fully saturated rings. The fourth-order valence-electron chi connectivity index (χ4n) is 2.79. The van der Waals surface area contributed by atoms with E-state index >= 15 is 0 Å². The zero-order valence-corrected chi connectivity index (χ0v) is 13.5. The first kappa shape index (κ1) is 17.1. The monoisotopic (exact) mass is 320 g/mol. The van der Waals surface area contributed by atoms with Crippen LogP contribution in [0.1, 0.15) is 37.7 Å². The van der Waals surface area contributed by atoms with Gasteiger partial charge in [0.2, 0.25) is 5.91 Å². The summed E-state index contributed by atoms with van der Waals surface area (Å²) in [6, 6.07) is 5.33. The molecular formula is C17H24N2O4. The molecule has 1 aliphatic carbocycles. The van der Waals surface area contributed by atoms with Crippen molar-refractivity contribution < 1.29 is 19.1 Å². The Morgan fingerprint density at radius 3 is 2.61 bits per heavy atom. The number of rotatable bonds is 7. The second-order valence-corrected chi connectivity index (χ2v) is 5.79. The van der Waals surface area contributed by atoms with Crippen molar-refractivity contribution in [2.45, 2.75) is 38.6 Å². The Bertz CT molecular complexity index is 554. The van der Waals surface area contributed by atoms with Gasteiger partial charge in [0.05, 0.1) is 7.11 Å². The third-order valence-electron chi connectivity index (χ3n) is 4.04. The second-order valence-electron chi connectivity index (χ2n) is 5.79. The minimum atomic E-state index is -0.545. The van der Waals surface area contributed by atoms with Crippen LogP contribution < -0.4 is 20.5 Å². The Morgan fingerprint density at radius 2 is 1.96 bits per heavy atom. The second kappa shape index (κ2) is 8.41. The summed E-state index contributed by atoms with van der Waals surface area (Å²) >= 11 is 0. The Morgan fingerprint density at radius 1 is 1.22 bits per heavy atom. The maximum Gasteiger partial charge on any atom is 0.255 e. The van der Waals surface area contributed by atoms with Crippen molar-refractivity contribution in [1.29, 1.82) is 0 Å². The number of carbonyl (C=O) groups excluding carboxylic acids is 2. The van der Waals surface area contributed by atoms with Gasteiger partial charge >= 0.3 is 0 Å². The number of hydrogen-bond acceptors (Lipinski definition) is 4. The molecule has 0 atom stereocenters. The topological polar surface area (TPSA) is 90.7 Å². The number of carbonyl (C=O) groups is 2. The van der Waals surface area contributed by atoms with Gasteiger partial charge in [0.15, 0.2) is 18.1 Å². The lowest BCUT2D eigenvalue weighted by Crippen LogP contribution is -2.31. The van der Waals surface area contributed by atoms with E-state index in [9.17, 15) is 9.59 Å². The van der Waals surface area contributed by atoms with Gasteiger partial charge < -0.3 is 20.5 Å². The van der Waals surface area contributed by atoms with Gasteiger partial charge in [0, 0.05) is 12.5 Å². The van der Waals surface area contributed by atoms with E-state index in [1.165, 1.54) is 13.5 Å². The van der Waals surface area contributed by atoms with E-state index in [1.807, 2.05) is 6.07 Å². The molecule has 2 amide bonds. The molecule has 1 aromatic rings. The fraction of sp³-hybridized carbons (Fsp3) is 0.529. The van der Waals surface area contributed by atoms with Gasteiger partial charge in [0.25, 0.3) is 5.91 Å². The van der Waals surface area contributed by atoms with Crippen LogP contribution in [0.15, 0.2) is 18.2 Å². The predicted molar refractivity (Wildman–Crippen MR) is 86.1 cm³/mol. The number of nitrogens with two attached hydrogens (primary N) is 1. The third kappa shape index (κ3) is 5.16. The quantitative estimate of drug-likeness (QED) is 0.801. The van der Waals surface area contributed by atoms with Crippen molar-refractivity contribution in [2.75, 3.05) is 13.7 Å². The normalized spacial score (nSPS) is 15.0. The number of nitrogens with one attached hydrogen (secondary N) is 1. The minimum absolute atomic E-state index is 0.123. The summed E-state index contributed by atoms with van der Waals surface area (Å²) in [4.78, 5) is 22.9. The first-order chi connectivity index (χ1) is 11.1. The summed E-state index contributed by atoms with van der Waals surface area (Å²) in [6.07, 6.45) is 5.47. The summed E-state index contributed by atoms with van der Waals surface area (Å²) < 4.78 is 10.5. The van der Waals surface area contributed by atoms with E-state index in [2.05, 4.69) is 5.32 Å². The molecule has 23 heavy (non-hydrogen) atoms. The van der Waals surface area contributed by atoms with Crippen molar-refractivity contribution in [3.8, 4) is 11.5 Å². The minimum Gasteiger partial charge on any atom is -0.493 e. The zero-order valence-electron chi connectivity index (χ0n) is 13.5. The summed E-state index contributed by atoms with van der Waals surface area (Å²) in [5.41, 5.74) is 5.98. The number of amides is 2. The Balaban J connectivity index is 1.92. The molecule has 0 saturated heterocycles. The summed E-state index contributed by atoms with van der Waals surface area (Å²) in [5, 5.41) is 2.98. The van der Waals surface area contributed by atoms with Crippen molar-refractivity contribution in [1.82, 2.24) is 5.32 Å². The van der Waals surface area contributed by atoms with Gasteiger partial charge in [-0.05, 0) is 30.5 Å². The summed E-state index contributed by atoms with van der Waals surface area (Å²) in [7, 11) is 1.52. The van der Waals surface area contributed by atoms with E-state index in [0.29, 0.717) is 18.0 Å². The van der Waals surface area contributed by atoms with Gasteiger partial charge in [-0.1, -0.05) is 25.3 Å². The molecular weight excluding hydrogens is 296 g/mol. The average molecular weight is 320 g/mol. The standard InChI is InChI=1S/C17H24N2O4/c1-22-15-9-12(7-8-14(15)23-11-16(18)20)10-19-17(21)13-5-3-2-4-6-13/h7-9,13H,2-6,10-11H2,1H3,(H2,18,20)(H,19,21).